The number of nitrogens with zero attached hydrogens (tertiary/aromatic N) is 1. The van der Waals surface area contributed by atoms with Gasteiger partial charge in [0.2, 0.25) is 5.91 Å². The molecule has 0 fully saturated rings. The van der Waals surface area contributed by atoms with Crippen molar-refractivity contribution in [1.29, 1.82) is 0 Å². The third-order valence-corrected chi connectivity index (χ3v) is 4.67. The average Bonchev–Trinajstić information content (AvgIpc) is 3.29. The van der Waals surface area contributed by atoms with Crippen LogP contribution in [0, 0.1) is 20.8 Å². The molecule has 1 atom stereocenters. The Morgan fingerprint density at radius 1 is 1.07 bits per heavy atom. The van der Waals surface area contributed by atoms with Crippen molar-refractivity contribution in [3.63, 3.8) is 0 Å². The number of rotatable bonds is 6. The van der Waals surface area contributed by atoms with Crippen LogP contribution in [0.1, 0.15) is 40.0 Å². The number of hydrogen-bond acceptors (Lipinski definition) is 3. The van der Waals surface area contributed by atoms with Crippen LogP contribution >= 0.6 is 0 Å². The molecule has 2 heterocycles. The van der Waals surface area contributed by atoms with Gasteiger partial charge in [-0.05, 0) is 64.1 Å². The summed E-state index contributed by atoms with van der Waals surface area (Å²) in [5.41, 5.74) is 4.39. The Morgan fingerprint density at radius 2 is 1.79 bits per heavy atom. The Bertz CT molecular complexity index is 967. The lowest BCUT2D eigenvalue weighted by atomic mass is 10.1. The fourth-order valence-electron chi connectivity index (χ4n) is 3.16. The van der Waals surface area contributed by atoms with E-state index in [-0.39, 0.29) is 18.4 Å². The van der Waals surface area contributed by atoms with Crippen molar-refractivity contribution in [3.8, 4) is 5.69 Å². The summed E-state index contributed by atoms with van der Waals surface area (Å²) in [5.74, 6) is 0.102. The topological polar surface area (TPSA) is 76.3 Å². The molecular formula is C22H25N3O3. The molecule has 3 rings (SSSR count). The van der Waals surface area contributed by atoms with Crippen LogP contribution in [0.25, 0.3) is 5.69 Å². The molecule has 0 saturated carbocycles. The molecular weight excluding hydrogens is 354 g/mol. The lowest BCUT2D eigenvalue weighted by Crippen LogP contribution is -2.44. The zero-order valence-corrected chi connectivity index (χ0v) is 16.6. The van der Waals surface area contributed by atoms with Gasteiger partial charge in [0.05, 0.1) is 24.1 Å². The second kappa shape index (κ2) is 8.17. The monoisotopic (exact) mass is 379 g/mol. The van der Waals surface area contributed by atoms with Gasteiger partial charge in [0.1, 0.15) is 11.8 Å². The van der Waals surface area contributed by atoms with E-state index < -0.39 is 6.04 Å². The van der Waals surface area contributed by atoms with Gasteiger partial charge in [0, 0.05) is 11.4 Å². The van der Waals surface area contributed by atoms with E-state index in [4.69, 9.17) is 4.42 Å². The second-order valence-corrected chi connectivity index (χ2v) is 6.96. The number of hydrogen-bond donors (Lipinski definition) is 2. The van der Waals surface area contributed by atoms with Crippen molar-refractivity contribution in [1.82, 2.24) is 15.2 Å². The highest BCUT2D eigenvalue weighted by Gasteiger charge is 2.20. The average molecular weight is 379 g/mol. The third kappa shape index (κ3) is 4.17. The lowest BCUT2D eigenvalue weighted by Gasteiger charge is -2.18. The molecule has 6 nitrogen and oxygen atoms in total. The molecule has 0 bridgehead atoms. The molecule has 2 aromatic heterocycles. The number of aryl methyl sites for hydroxylation is 3. The van der Waals surface area contributed by atoms with Crippen molar-refractivity contribution in [2.75, 3.05) is 0 Å². The number of benzene rings is 1. The van der Waals surface area contributed by atoms with E-state index >= 15 is 0 Å². The maximum Gasteiger partial charge on any atom is 0.254 e. The first-order valence-corrected chi connectivity index (χ1v) is 9.23. The molecule has 0 spiro atoms. The zero-order chi connectivity index (χ0) is 20.3. The number of aromatic nitrogens is 1. The fraction of sp³-hybridized carbons (Fsp3) is 0.273. The van der Waals surface area contributed by atoms with Crippen LogP contribution in [0.15, 0.2) is 53.1 Å². The van der Waals surface area contributed by atoms with E-state index in [0.717, 1.165) is 22.6 Å². The summed E-state index contributed by atoms with van der Waals surface area (Å²) in [4.78, 5) is 25.3. The Labute approximate surface area is 164 Å². The molecule has 0 aliphatic rings. The Hall–Kier alpha value is -3.28. The molecule has 0 aliphatic heterocycles. The minimum atomic E-state index is -0.678. The van der Waals surface area contributed by atoms with Gasteiger partial charge in [0.15, 0.2) is 0 Å². The highest BCUT2D eigenvalue weighted by molar-refractivity contribution is 6.00. The van der Waals surface area contributed by atoms with E-state index in [1.165, 1.54) is 0 Å². The number of amides is 2. The summed E-state index contributed by atoms with van der Waals surface area (Å²) in [6.45, 7) is 7.88. The first kappa shape index (κ1) is 19.5. The molecule has 1 unspecified atom stereocenters. The second-order valence-electron chi connectivity index (χ2n) is 6.96. The van der Waals surface area contributed by atoms with E-state index in [1.54, 1.807) is 25.3 Å². The quantitative estimate of drug-likeness (QED) is 0.689. The largest absolute Gasteiger partial charge is 0.467 e. The Kier molecular flexibility index (Phi) is 5.68. The van der Waals surface area contributed by atoms with Gasteiger partial charge in [-0.1, -0.05) is 11.6 Å². The van der Waals surface area contributed by atoms with Gasteiger partial charge in [0.25, 0.3) is 5.91 Å². The number of furan rings is 1. The van der Waals surface area contributed by atoms with Crippen molar-refractivity contribution in [3.05, 3.63) is 77.0 Å². The Balaban J connectivity index is 1.76. The van der Waals surface area contributed by atoms with Crippen LogP contribution < -0.4 is 10.6 Å². The van der Waals surface area contributed by atoms with Crippen molar-refractivity contribution in [2.24, 2.45) is 0 Å². The molecule has 0 radical (unpaired) electrons. The smallest absolute Gasteiger partial charge is 0.254 e. The van der Waals surface area contributed by atoms with Crippen LogP contribution in [0.2, 0.25) is 0 Å². The van der Waals surface area contributed by atoms with Crippen molar-refractivity contribution >= 4 is 11.8 Å². The van der Waals surface area contributed by atoms with E-state index in [0.29, 0.717) is 11.3 Å². The van der Waals surface area contributed by atoms with E-state index in [1.807, 2.05) is 55.7 Å². The molecule has 2 N–H and O–H groups in total. The number of carbonyl (C=O) groups is 2. The fourth-order valence-corrected chi connectivity index (χ4v) is 3.16. The maximum absolute atomic E-state index is 13.0. The molecule has 0 saturated heterocycles. The van der Waals surface area contributed by atoms with Gasteiger partial charge >= 0.3 is 0 Å². The van der Waals surface area contributed by atoms with Gasteiger partial charge in [-0.25, -0.2) is 0 Å². The van der Waals surface area contributed by atoms with Crippen LogP contribution in [0.5, 0.6) is 0 Å². The van der Waals surface area contributed by atoms with Crippen LogP contribution in [-0.4, -0.2) is 22.4 Å². The van der Waals surface area contributed by atoms with E-state index in [9.17, 15) is 9.59 Å². The normalized spacial score (nSPS) is 11.9. The Morgan fingerprint density at radius 3 is 2.43 bits per heavy atom. The standard InChI is InChI=1S/C22H25N3O3/c1-14-7-10-20(25-15(2)8-9-16(25)3)19(12-14)22(27)24-17(4)21(26)23-13-18-6-5-11-28-18/h5-12,17H,13H2,1-4H3,(H,23,26)(H,24,27). The summed E-state index contributed by atoms with van der Waals surface area (Å²) < 4.78 is 7.24. The minimum Gasteiger partial charge on any atom is -0.467 e. The molecule has 6 heteroatoms. The van der Waals surface area contributed by atoms with E-state index in [2.05, 4.69) is 10.6 Å². The number of carbonyl (C=O) groups excluding carboxylic acids is 2. The molecule has 2 amide bonds. The summed E-state index contributed by atoms with van der Waals surface area (Å²) in [6, 6.07) is 12.7. The SMILES string of the molecule is Cc1ccc(-n2c(C)ccc2C)c(C(=O)NC(C)C(=O)NCc2ccco2)c1. The molecule has 28 heavy (non-hydrogen) atoms. The summed E-state index contributed by atoms with van der Waals surface area (Å²) >= 11 is 0. The predicted octanol–water partition coefficient (Wildman–Crippen LogP) is 3.43. The zero-order valence-electron chi connectivity index (χ0n) is 16.6. The first-order valence-electron chi connectivity index (χ1n) is 9.23. The van der Waals surface area contributed by atoms with Gasteiger partial charge in [-0.2, -0.15) is 0 Å². The summed E-state index contributed by atoms with van der Waals surface area (Å²) in [7, 11) is 0. The van der Waals surface area contributed by atoms with Crippen LogP contribution in [0.4, 0.5) is 0 Å². The van der Waals surface area contributed by atoms with Gasteiger partial charge < -0.3 is 19.6 Å². The minimum absolute atomic E-state index is 0.271. The lowest BCUT2D eigenvalue weighted by molar-refractivity contribution is -0.122. The van der Waals surface area contributed by atoms with Gasteiger partial charge in [-0.3, -0.25) is 9.59 Å². The molecule has 1 aromatic carbocycles. The maximum atomic E-state index is 13.0. The predicted molar refractivity (Wildman–Crippen MR) is 107 cm³/mol. The van der Waals surface area contributed by atoms with Crippen molar-refractivity contribution in [2.45, 2.75) is 40.3 Å². The molecule has 3 aromatic rings. The van der Waals surface area contributed by atoms with Crippen molar-refractivity contribution < 1.29 is 14.0 Å². The first-order chi connectivity index (χ1) is 13.4. The van der Waals surface area contributed by atoms with Gasteiger partial charge in [-0.15, -0.1) is 0 Å². The number of nitrogens with one attached hydrogen (secondary N) is 2. The highest BCUT2D eigenvalue weighted by atomic mass is 16.3. The summed E-state index contributed by atoms with van der Waals surface area (Å²) in [5, 5.41) is 5.56. The third-order valence-electron chi connectivity index (χ3n) is 4.67. The molecule has 0 aliphatic carbocycles. The summed E-state index contributed by atoms with van der Waals surface area (Å²) in [6.07, 6.45) is 1.55. The highest BCUT2D eigenvalue weighted by Crippen LogP contribution is 2.22. The van der Waals surface area contributed by atoms with Crippen LogP contribution in [0.3, 0.4) is 0 Å². The molecule has 146 valence electrons. The van der Waals surface area contributed by atoms with Crippen LogP contribution in [-0.2, 0) is 11.3 Å².